The van der Waals surface area contributed by atoms with E-state index in [1.165, 1.54) is 7.11 Å². The molecular formula is C7H13NO3. The predicted octanol–water partition coefficient (Wildman–Crippen LogP) is -0.321. The molecule has 11 heavy (non-hydrogen) atoms. The molecule has 0 spiro atoms. The third kappa shape index (κ3) is 2.67. The molecule has 0 aliphatic heterocycles. The van der Waals surface area contributed by atoms with Crippen molar-refractivity contribution in [2.75, 3.05) is 21.2 Å². The van der Waals surface area contributed by atoms with Crippen molar-refractivity contribution in [3.05, 3.63) is 0 Å². The first-order valence-electron chi connectivity index (χ1n) is 3.29. The average molecular weight is 159 g/mol. The maximum atomic E-state index is 11.0. The fraction of sp³-hybridized carbons (Fsp3) is 0.714. The van der Waals surface area contributed by atoms with Gasteiger partial charge in [-0.05, 0) is 21.0 Å². The van der Waals surface area contributed by atoms with Crippen molar-refractivity contribution in [1.29, 1.82) is 0 Å². The molecule has 1 atom stereocenters. The Morgan fingerprint density at radius 3 is 2.09 bits per heavy atom. The van der Waals surface area contributed by atoms with E-state index in [4.69, 9.17) is 0 Å². The molecule has 4 nitrogen and oxygen atoms in total. The molecule has 0 aromatic rings. The van der Waals surface area contributed by atoms with Gasteiger partial charge in [0.05, 0.1) is 13.2 Å². The quantitative estimate of drug-likeness (QED) is 0.418. The molecule has 0 bridgehead atoms. The van der Waals surface area contributed by atoms with Gasteiger partial charge in [0.2, 0.25) is 0 Å². The number of rotatable bonds is 3. The fourth-order valence-electron chi connectivity index (χ4n) is 0.506. The minimum Gasteiger partial charge on any atom is -0.463 e. The Bertz CT molecular complexity index is 165. The summed E-state index contributed by atoms with van der Waals surface area (Å²) in [6.45, 7) is 1.65. The normalized spacial score (nSPS) is 12.8. The number of nitrogens with zero attached hydrogens (tertiary/aromatic N) is 1. The smallest absolute Gasteiger partial charge is 0.376 e. The lowest BCUT2D eigenvalue weighted by Crippen LogP contribution is -2.37. The van der Waals surface area contributed by atoms with Gasteiger partial charge >= 0.3 is 5.97 Å². The van der Waals surface area contributed by atoms with Crippen molar-refractivity contribution in [1.82, 2.24) is 4.90 Å². The number of hydrogen-bond acceptors (Lipinski definition) is 4. The van der Waals surface area contributed by atoms with E-state index in [-0.39, 0.29) is 0 Å². The maximum Gasteiger partial charge on any atom is 0.376 e. The van der Waals surface area contributed by atoms with E-state index in [1.54, 1.807) is 25.9 Å². The van der Waals surface area contributed by atoms with Gasteiger partial charge in [-0.25, -0.2) is 4.79 Å². The number of ether oxygens (including phenoxy) is 1. The van der Waals surface area contributed by atoms with Crippen LogP contribution in [0, 0.1) is 0 Å². The van der Waals surface area contributed by atoms with Crippen molar-refractivity contribution < 1.29 is 14.3 Å². The van der Waals surface area contributed by atoms with Crippen LogP contribution in [-0.2, 0) is 14.3 Å². The largest absolute Gasteiger partial charge is 0.463 e. The summed E-state index contributed by atoms with van der Waals surface area (Å²) in [6.07, 6.45) is 0. The average Bonchev–Trinajstić information content (AvgIpc) is 2.00. The standard InChI is InChI=1S/C7H13NO3/c1-5(8(2)3)6(9)7(10)11-4/h5H,1-4H3. The van der Waals surface area contributed by atoms with Crippen molar-refractivity contribution >= 4 is 11.8 Å². The Hall–Kier alpha value is -0.900. The first-order valence-corrected chi connectivity index (χ1v) is 3.29. The zero-order valence-electron chi connectivity index (χ0n) is 7.25. The van der Waals surface area contributed by atoms with Crippen LogP contribution < -0.4 is 0 Å². The number of methoxy groups -OCH3 is 1. The molecule has 0 radical (unpaired) electrons. The maximum absolute atomic E-state index is 11.0. The van der Waals surface area contributed by atoms with Crippen molar-refractivity contribution in [3.8, 4) is 0 Å². The molecule has 4 heteroatoms. The second-order valence-electron chi connectivity index (χ2n) is 2.50. The summed E-state index contributed by atoms with van der Waals surface area (Å²) >= 11 is 0. The van der Waals surface area contributed by atoms with Crippen molar-refractivity contribution in [2.24, 2.45) is 0 Å². The van der Waals surface area contributed by atoms with Crippen LogP contribution in [0.1, 0.15) is 6.92 Å². The summed E-state index contributed by atoms with van der Waals surface area (Å²) in [6, 6.07) is -0.414. The van der Waals surface area contributed by atoms with E-state index in [0.29, 0.717) is 0 Å². The number of likely N-dealkylation sites (N-methyl/N-ethyl adjacent to an activating group) is 1. The van der Waals surface area contributed by atoms with Crippen LogP contribution in [0.4, 0.5) is 0 Å². The van der Waals surface area contributed by atoms with Crippen molar-refractivity contribution in [2.45, 2.75) is 13.0 Å². The number of carbonyl (C=O) groups is 2. The number of esters is 1. The summed E-state index contributed by atoms with van der Waals surface area (Å²) in [5, 5.41) is 0. The van der Waals surface area contributed by atoms with E-state index < -0.39 is 17.8 Å². The van der Waals surface area contributed by atoms with Crippen LogP contribution in [0.5, 0.6) is 0 Å². The molecule has 0 N–H and O–H groups in total. The topological polar surface area (TPSA) is 46.6 Å². The SMILES string of the molecule is COC(=O)C(=O)C(C)N(C)C. The van der Waals surface area contributed by atoms with Gasteiger partial charge in [0, 0.05) is 0 Å². The summed E-state index contributed by atoms with van der Waals surface area (Å²) < 4.78 is 4.27. The Kier molecular flexibility index (Phi) is 3.74. The van der Waals surface area contributed by atoms with Gasteiger partial charge in [0.1, 0.15) is 0 Å². The zero-order valence-corrected chi connectivity index (χ0v) is 7.25. The molecule has 0 aromatic carbocycles. The molecule has 0 amide bonds. The van der Waals surface area contributed by atoms with Crippen LogP contribution in [0.3, 0.4) is 0 Å². The van der Waals surface area contributed by atoms with E-state index in [0.717, 1.165) is 0 Å². The van der Waals surface area contributed by atoms with E-state index in [2.05, 4.69) is 4.74 Å². The molecule has 0 aromatic heterocycles. The predicted molar refractivity (Wildman–Crippen MR) is 40.2 cm³/mol. The highest BCUT2D eigenvalue weighted by atomic mass is 16.5. The molecule has 0 saturated carbocycles. The highest BCUT2D eigenvalue weighted by Crippen LogP contribution is 1.94. The molecule has 0 aliphatic rings. The number of hydrogen-bond donors (Lipinski definition) is 0. The van der Waals surface area contributed by atoms with Gasteiger partial charge in [-0.15, -0.1) is 0 Å². The van der Waals surface area contributed by atoms with Gasteiger partial charge < -0.3 is 4.74 Å². The van der Waals surface area contributed by atoms with E-state index in [9.17, 15) is 9.59 Å². The lowest BCUT2D eigenvalue weighted by molar-refractivity contribution is -0.153. The lowest BCUT2D eigenvalue weighted by Gasteiger charge is -2.16. The summed E-state index contributed by atoms with van der Waals surface area (Å²) in [5.74, 6) is -1.30. The number of carbonyl (C=O) groups excluding carboxylic acids is 2. The Labute approximate surface area is 66.1 Å². The second-order valence-corrected chi connectivity index (χ2v) is 2.50. The van der Waals surface area contributed by atoms with Crippen LogP contribution >= 0.6 is 0 Å². The molecule has 0 fully saturated rings. The number of ketones is 1. The third-order valence-corrected chi connectivity index (χ3v) is 1.54. The lowest BCUT2D eigenvalue weighted by atomic mass is 10.2. The zero-order chi connectivity index (χ0) is 9.02. The summed E-state index contributed by atoms with van der Waals surface area (Å²) in [7, 11) is 4.65. The van der Waals surface area contributed by atoms with Crippen LogP contribution in [0.25, 0.3) is 0 Å². The third-order valence-electron chi connectivity index (χ3n) is 1.54. The molecule has 0 heterocycles. The first kappa shape index (κ1) is 10.1. The molecule has 0 aliphatic carbocycles. The highest BCUT2D eigenvalue weighted by Gasteiger charge is 2.22. The summed E-state index contributed by atoms with van der Waals surface area (Å²) in [4.78, 5) is 23.3. The minimum absolute atomic E-state index is 0.414. The van der Waals surface area contributed by atoms with E-state index >= 15 is 0 Å². The van der Waals surface area contributed by atoms with Crippen LogP contribution in [0.15, 0.2) is 0 Å². The summed E-state index contributed by atoms with van der Waals surface area (Å²) in [5.41, 5.74) is 0. The number of Topliss-reactive ketones (excluding diaryl/α,β-unsaturated/α-hetero) is 1. The first-order chi connectivity index (χ1) is 5.00. The Balaban J connectivity index is 4.14. The fourth-order valence-corrected chi connectivity index (χ4v) is 0.506. The minimum atomic E-state index is -0.786. The molecule has 64 valence electrons. The molecule has 0 rings (SSSR count). The molecule has 0 saturated heterocycles. The van der Waals surface area contributed by atoms with Gasteiger partial charge in [-0.1, -0.05) is 0 Å². The Morgan fingerprint density at radius 2 is 1.82 bits per heavy atom. The highest BCUT2D eigenvalue weighted by molar-refractivity contribution is 6.35. The van der Waals surface area contributed by atoms with E-state index in [1.807, 2.05) is 0 Å². The van der Waals surface area contributed by atoms with Gasteiger partial charge in [0.15, 0.2) is 0 Å². The molecule has 1 unspecified atom stereocenters. The van der Waals surface area contributed by atoms with Gasteiger partial charge in [0.25, 0.3) is 5.78 Å². The van der Waals surface area contributed by atoms with Gasteiger partial charge in [-0.3, -0.25) is 9.69 Å². The Morgan fingerprint density at radius 1 is 1.36 bits per heavy atom. The van der Waals surface area contributed by atoms with Crippen LogP contribution in [0.2, 0.25) is 0 Å². The van der Waals surface area contributed by atoms with Crippen LogP contribution in [-0.4, -0.2) is 43.9 Å². The molecular weight excluding hydrogens is 146 g/mol. The second kappa shape index (κ2) is 4.08. The van der Waals surface area contributed by atoms with Crippen molar-refractivity contribution in [3.63, 3.8) is 0 Å². The monoisotopic (exact) mass is 159 g/mol. The van der Waals surface area contributed by atoms with Gasteiger partial charge in [-0.2, -0.15) is 0 Å².